The average Bonchev–Trinajstić information content (AvgIpc) is 2.45. The van der Waals surface area contributed by atoms with Gasteiger partial charge in [0.15, 0.2) is 0 Å². The molecule has 0 aliphatic heterocycles. The van der Waals surface area contributed by atoms with Crippen LogP contribution in [0.3, 0.4) is 0 Å². The molecule has 1 aromatic carbocycles. The molecule has 0 spiro atoms. The Hall–Kier alpha value is -1.75. The summed E-state index contributed by atoms with van der Waals surface area (Å²) in [4.78, 5) is 23.5. The van der Waals surface area contributed by atoms with Gasteiger partial charge in [-0.2, -0.15) is 0 Å². The van der Waals surface area contributed by atoms with Gasteiger partial charge in [-0.05, 0) is 30.2 Å². The van der Waals surface area contributed by atoms with E-state index in [1.165, 1.54) is 7.11 Å². The number of methoxy groups -OCH3 is 1. The third kappa shape index (κ3) is 4.74. The van der Waals surface area contributed by atoms with Crippen LogP contribution in [0.2, 0.25) is 5.02 Å². The summed E-state index contributed by atoms with van der Waals surface area (Å²) < 4.78 is 4.70. The van der Waals surface area contributed by atoms with Gasteiger partial charge in [0.05, 0.1) is 7.11 Å². The molecule has 0 aromatic heterocycles. The van der Waals surface area contributed by atoms with Gasteiger partial charge in [0.2, 0.25) is 0 Å². The molecule has 0 saturated carbocycles. The van der Waals surface area contributed by atoms with Crippen LogP contribution >= 0.6 is 11.6 Å². The highest BCUT2D eigenvalue weighted by Crippen LogP contribution is 2.14. The van der Waals surface area contributed by atoms with Gasteiger partial charge in [0, 0.05) is 10.7 Å². The Morgan fingerprint density at radius 3 is 2.40 bits per heavy atom. The van der Waals surface area contributed by atoms with Crippen molar-refractivity contribution in [2.24, 2.45) is 5.92 Å². The van der Waals surface area contributed by atoms with Crippen LogP contribution in [0.1, 0.15) is 20.3 Å². The summed E-state index contributed by atoms with van der Waals surface area (Å²) in [5, 5.41) is 5.85. The van der Waals surface area contributed by atoms with Crippen LogP contribution in [0.25, 0.3) is 0 Å². The molecular weight excluding hydrogens is 280 g/mol. The minimum Gasteiger partial charge on any atom is -0.467 e. The van der Waals surface area contributed by atoms with Crippen molar-refractivity contribution in [3.05, 3.63) is 29.3 Å². The van der Waals surface area contributed by atoms with Gasteiger partial charge in [-0.1, -0.05) is 31.9 Å². The number of hydrogen-bond donors (Lipinski definition) is 2. The smallest absolute Gasteiger partial charge is 0.328 e. The first-order valence-corrected chi connectivity index (χ1v) is 6.76. The van der Waals surface area contributed by atoms with Gasteiger partial charge in [-0.15, -0.1) is 0 Å². The van der Waals surface area contributed by atoms with E-state index in [2.05, 4.69) is 10.6 Å². The minimum atomic E-state index is -0.669. The monoisotopic (exact) mass is 298 g/mol. The van der Waals surface area contributed by atoms with Crippen LogP contribution in [0, 0.1) is 5.92 Å². The Morgan fingerprint density at radius 1 is 1.30 bits per heavy atom. The van der Waals surface area contributed by atoms with Gasteiger partial charge in [-0.25, -0.2) is 9.59 Å². The highest BCUT2D eigenvalue weighted by atomic mass is 35.5. The standard InChI is InChI=1S/C14H19ClN2O3/c1-4-9(2)12(13(18)20-3)17-14(19)16-11-7-5-10(15)6-8-11/h5-9,12H,4H2,1-3H3,(H2,16,17,19)/t9?,12-/m1/s1. The predicted molar refractivity (Wildman–Crippen MR) is 78.9 cm³/mol. The molecule has 5 nitrogen and oxygen atoms in total. The number of urea groups is 1. The maximum Gasteiger partial charge on any atom is 0.328 e. The maximum atomic E-state index is 11.9. The number of esters is 1. The van der Waals surface area contributed by atoms with E-state index in [9.17, 15) is 9.59 Å². The van der Waals surface area contributed by atoms with E-state index in [0.717, 1.165) is 6.42 Å². The highest BCUT2D eigenvalue weighted by molar-refractivity contribution is 6.30. The second-order valence-electron chi connectivity index (χ2n) is 4.49. The number of rotatable bonds is 5. The van der Waals surface area contributed by atoms with Crippen LogP contribution in [0.5, 0.6) is 0 Å². The molecule has 0 radical (unpaired) electrons. The molecule has 1 unspecified atom stereocenters. The minimum absolute atomic E-state index is 0.0154. The van der Waals surface area contributed by atoms with Crippen molar-refractivity contribution in [1.29, 1.82) is 0 Å². The van der Waals surface area contributed by atoms with E-state index in [0.29, 0.717) is 10.7 Å². The topological polar surface area (TPSA) is 67.4 Å². The van der Waals surface area contributed by atoms with Crippen molar-refractivity contribution >= 4 is 29.3 Å². The number of nitrogens with one attached hydrogen (secondary N) is 2. The molecule has 0 saturated heterocycles. The number of halogens is 1. The lowest BCUT2D eigenvalue weighted by Crippen LogP contribution is -2.47. The summed E-state index contributed by atoms with van der Waals surface area (Å²) >= 11 is 5.76. The summed E-state index contributed by atoms with van der Waals surface area (Å²) in [6.07, 6.45) is 0.751. The summed E-state index contributed by atoms with van der Waals surface area (Å²) in [6, 6.07) is 5.57. The van der Waals surface area contributed by atoms with E-state index in [4.69, 9.17) is 16.3 Å². The van der Waals surface area contributed by atoms with Gasteiger partial charge in [0.25, 0.3) is 0 Å². The maximum absolute atomic E-state index is 11.9. The Balaban J connectivity index is 2.66. The third-order valence-electron chi connectivity index (χ3n) is 3.06. The molecule has 1 rings (SSSR count). The number of hydrogen-bond acceptors (Lipinski definition) is 3. The fourth-order valence-electron chi connectivity index (χ4n) is 1.64. The van der Waals surface area contributed by atoms with Crippen molar-refractivity contribution in [2.45, 2.75) is 26.3 Å². The molecule has 2 N–H and O–H groups in total. The lowest BCUT2D eigenvalue weighted by Gasteiger charge is -2.22. The first kappa shape index (κ1) is 16.3. The Morgan fingerprint density at radius 2 is 1.90 bits per heavy atom. The van der Waals surface area contributed by atoms with Crippen LogP contribution in [0.15, 0.2) is 24.3 Å². The first-order chi connectivity index (χ1) is 9.47. The summed E-state index contributed by atoms with van der Waals surface area (Å²) in [6.45, 7) is 3.82. The molecule has 0 aliphatic rings. The molecule has 1 aromatic rings. The normalized spacial score (nSPS) is 13.2. The van der Waals surface area contributed by atoms with E-state index in [1.54, 1.807) is 24.3 Å². The zero-order valence-corrected chi connectivity index (χ0v) is 12.5. The fourth-order valence-corrected chi connectivity index (χ4v) is 1.76. The highest BCUT2D eigenvalue weighted by Gasteiger charge is 2.26. The summed E-state index contributed by atoms with van der Waals surface area (Å²) in [5.41, 5.74) is 0.597. The molecule has 2 amide bonds. The van der Waals surface area contributed by atoms with Gasteiger partial charge >= 0.3 is 12.0 Å². The number of amides is 2. The molecule has 0 aliphatic carbocycles. The second kappa shape index (κ2) is 7.75. The molecule has 0 heterocycles. The van der Waals surface area contributed by atoms with E-state index >= 15 is 0 Å². The Bertz CT molecular complexity index is 462. The zero-order chi connectivity index (χ0) is 15.1. The molecule has 2 atom stereocenters. The molecular formula is C14H19ClN2O3. The number of ether oxygens (including phenoxy) is 1. The van der Waals surface area contributed by atoms with Crippen LogP contribution in [-0.2, 0) is 9.53 Å². The van der Waals surface area contributed by atoms with E-state index < -0.39 is 18.0 Å². The fraction of sp³-hybridized carbons (Fsp3) is 0.429. The third-order valence-corrected chi connectivity index (χ3v) is 3.31. The van der Waals surface area contributed by atoms with Crippen molar-refractivity contribution < 1.29 is 14.3 Å². The SMILES string of the molecule is CCC(C)[C@@H](NC(=O)Nc1ccc(Cl)cc1)C(=O)OC. The summed E-state index contributed by atoms with van der Waals surface area (Å²) in [5.74, 6) is -0.468. The van der Waals surface area contributed by atoms with E-state index in [1.807, 2.05) is 13.8 Å². The summed E-state index contributed by atoms with van der Waals surface area (Å²) in [7, 11) is 1.30. The van der Waals surface area contributed by atoms with Crippen LogP contribution in [-0.4, -0.2) is 25.2 Å². The quantitative estimate of drug-likeness (QED) is 0.821. The van der Waals surface area contributed by atoms with Crippen LogP contribution in [0.4, 0.5) is 10.5 Å². The van der Waals surface area contributed by atoms with Crippen LogP contribution < -0.4 is 10.6 Å². The molecule has 0 bridgehead atoms. The second-order valence-corrected chi connectivity index (χ2v) is 4.93. The van der Waals surface area contributed by atoms with Crippen molar-refractivity contribution in [1.82, 2.24) is 5.32 Å². The molecule has 20 heavy (non-hydrogen) atoms. The Labute approximate surface area is 123 Å². The van der Waals surface area contributed by atoms with Crippen molar-refractivity contribution in [3.63, 3.8) is 0 Å². The van der Waals surface area contributed by atoms with Crippen molar-refractivity contribution in [2.75, 3.05) is 12.4 Å². The van der Waals surface area contributed by atoms with Crippen molar-refractivity contribution in [3.8, 4) is 0 Å². The molecule has 0 fully saturated rings. The largest absolute Gasteiger partial charge is 0.467 e. The predicted octanol–water partition coefficient (Wildman–Crippen LogP) is 3.05. The molecule has 110 valence electrons. The zero-order valence-electron chi connectivity index (χ0n) is 11.8. The lowest BCUT2D eigenvalue weighted by molar-refractivity contribution is -0.144. The number of anilines is 1. The number of carbonyl (C=O) groups excluding carboxylic acids is 2. The van der Waals surface area contributed by atoms with E-state index in [-0.39, 0.29) is 5.92 Å². The molecule has 6 heteroatoms. The average molecular weight is 299 g/mol. The number of carbonyl (C=O) groups is 2. The first-order valence-electron chi connectivity index (χ1n) is 6.38. The number of benzene rings is 1. The van der Waals surface area contributed by atoms with Gasteiger partial charge in [-0.3, -0.25) is 0 Å². The van der Waals surface area contributed by atoms with Gasteiger partial charge < -0.3 is 15.4 Å². The lowest BCUT2D eigenvalue weighted by atomic mass is 9.99. The Kier molecular flexibility index (Phi) is 6.31. The van der Waals surface area contributed by atoms with Gasteiger partial charge in [0.1, 0.15) is 6.04 Å².